The largest absolute Gasteiger partial charge is 0.460 e. The Morgan fingerprint density at radius 1 is 0.463 bits per heavy atom. The molecule has 31 atom stereocenters. The molecule has 0 aromatic rings. The number of methoxy groups -OCH3 is 6. The van der Waals surface area contributed by atoms with Crippen molar-refractivity contribution in [1.29, 1.82) is 0 Å². The quantitative estimate of drug-likeness (QED) is 0.0512. The predicted molar refractivity (Wildman–Crippen MR) is 514 cm³/mol. The van der Waals surface area contributed by atoms with Crippen molar-refractivity contribution in [1.82, 2.24) is 9.80 Å². The highest BCUT2D eigenvalue weighted by molar-refractivity contribution is 7.43. The zero-order valence-electron chi connectivity index (χ0n) is 84.6. The lowest BCUT2D eigenvalue weighted by Crippen LogP contribution is -2.61. The average Bonchev–Trinajstić information content (AvgIpc) is 0.774. The number of ketones is 6. The second kappa shape index (κ2) is 54.9. The molecule has 2 aliphatic carbocycles. The van der Waals surface area contributed by atoms with Gasteiger partial charge in [0, 0.05) is 117 Å². The minimum absolute atomic E-state index is 0.0189. The molecule has 6 fully saturated rings. The molecule has 0 spiro atoms. The van der Waals surface area contributed by atoms with Crippen molar-refractivity contribution in [2.45, 2.75) is 361 Å². The fourth-order valence-electron chi connectivity index (χ4n) is 21.3. The summed E-state index contributed by atoms with van der Waals surface area (Å²) >= 11 is 0. The Kier molecular flexibility index (Phi) is 46.8. The number of amides is 2. The van der Waals surface area contributed by atoms with Crippen LogP contribution in [0.3, 0.4) is 0 Å². The van der Waals surface area contributed by atoms with Gasteiger partial charge >= 0.3 is 19.7 Å². The van der Waals surface area contributed by atoms with Crippen molar-refractivity contribution < 1.29 is 120 Å². The van der Waals surface area contributed by atoms with Crippen LogP contribution in [-0.4, -0.2) is 254 Å². The smallest absolute Gasteiger partial charge is 0.335 e. The van der Waals surface area contributed by atoms with E-state index in [0.29, 0.717) is 113 Å². The number of piperidine rings is 2. The SMILES string of the molecule is CO[C@H]1C[C@@H]2CC[C@@H](C)[C@@](O)(O2)C(=O)C(=O)N2CCCCC2C(=O)O[C@H]([C@H](C)C[C@@H]2CCC(C)[C@H](OC)C2)CC(=O)[C@H](C)/C=C(\C)[C@@H](O)[C@@H](OC)C(=O)[C@H](C)C[C@H](C)/C=C/C=CC=C1C.CO[C@H]1C[C@@H]2CC[C@@H](C)[C@@](O)(O2)C(=O)C(=O)N2CCCCC2C(=O)O[C@H]([C@H](C)C[C@@H]2CCC(CC[P+](C)=O)[C@H](OC)C2)CC(=O)[C@H](C)/C=C(\C)[C@@H](O)[C@@H](OC)C(=O)[C@H](C)C[C@H](C)/C=C/C=CC=C1C. The van der Waals surface area contributed by atoms with Crippen LogP contribution in [0.4, 0.5) is 0 Å². The van der Waals surface area contributed by atoms with Gasteiger partial charge in [-0.1, -0.05) is 154 Å². The Hall–Kier alpha value is -6.56. The minimum atomic E-state index is -2.43. The minimum Gasteiger partial charge on any atom is -0.460 e. The average molecular weight is 1900 g/mol. The van der Waals surface area contributed by atoms with Gasteiger partial charge in [-0.05, 0) is 232 Å². The molecule has 4 saturated heterocycles. The van der Waals surface area contributed by atoms with Crippen LogP contribution < -0.4 is 0 Å². The van der Waals surface area contributed by atoms with Crippen LogP contribution in [0.1, 0.15) is 264 Å². The Balaban J connectivity index is 0.000000366. The van der Waals surface area contributed by atoms with Crippen LogP contribution in [0.25, 0.3) is 0 Å². The Bertz CT molecular complexity index is 4170. The molecule has 6 aliphatic heterocycles. The summed E-state index contributed by atoms with van der Waals surface area (Å²) in [6.07, 6.45) is 28.0. The van der Waals surface area contributed by atoms with E-state index < -0.39 is 163 Å². The standard InChI is InChI=1S/C54H85NO13P.C52H81NO12/c1-33-17-13-12-14-18-34(2)45(64-8)31-42-23-20-39(7)54(62,68-42)51(59)52(60)55-25-16-15-19-43(55)53(61)67-46(36(4)29-40-21-22-41(24-26-69(11)63)47(30-40)65-9)32-44(56)35(3)28-38(6)49(58)50(66-10)48(57)37(5)27-33;1-31-17-13-12-14-18-32(2)44(62-10)29-40-23-21-38(8)52(60,65-40)49(57)50(58)53-24-16-15-19-41(53)51(59)64-45(35(5)27-39-22-20-33(3)43(28-39)61-9)30-42(54)34(4)26-37(7)47(56)48(63-11)46(55)36(6)25-31/h12-14,17-18,28,33,35-37,39-43,45-47,49-50,58,62H,15-16,19-27,29-32H2,1-11H3;12-14,17-18,26,31,33-36,38-41,43-45,47-48,56,60H,15-16,19-25,27-30H2,1-11H3/q+1;/b14-12?,17-13+,34-18?,38-28+;14-12?,17-13+,32-18?,37-26+/t33-,35-,36-,37-,39-,40+,41?,42+,43?,45+,46+,47-,49-,50+,54-;31-,33?,34-,35-,36-,38-,39+,40+,41?,43-,44+,45+,47-,48+,52-/m11/s1. The van der Waals surface area contributed by atoms with E-state index in [1.807, 2.05) is 116 Å². The van der Waals surface area contributed by atoms with Crippen LogP contribution >= 0.6 is 7.80 Å². The molecule has 754 valence electrons. The fourth-order valence-corrected chi connectivity index (χ4v) is 22.0. The number of nitrogens with zero attached hydrogens (tertiary/aromatic N) is 2. The molecule has 0 radical (unpaired) electrons. The third-order valence-corrected chi connectivity index (χ3v) is 31.2. The van der Waals surface area contributed by atoms with Crippen molar-refractivity contribution >= 4 is 66.3 Å². The third-order valence-electron chi connectivity index (χ3n) is 30.3. The lowest BCUT2D eigenvalue weighted by Gasteiger charge is -2.42. The molecule has 6 heterocycles. The van der Waals surface area contributed by atoms with Crippen molar-refractivity contribution in [2.24, 2.45) is 82.9 Å². The van der Waals surface area contributed by atoms with Gasteiger partial charge < -0.3 is 77.6 Å². The summed E-state index contributed by atoms with van der Waals surface area (Å²) in [5.74, 6) is -14.6. The first kappa shape index (κ1) is 114. The van der Waals surface area contributed by atoms with Gasteiger partial charge in [0.1, 0.15) is 73.1 Å². The summed E-state index contributed by atoms with van der Waals surface area (Å²) < 4.78 is 71.6. The van der Waals surface area contributed by atoms with E-state index in [4.69, 9.17) is 47.4 Å². The van der Waals surface area contributed by atoms with E-state index in [1.165, 1.54) is 24.0 Å². The van der Waals surface area contributed by atoms with Gasteiger partial charge in [0.15, 0.2) is 11.6 Å². The van der Waals surface area contributed by atoms with Crippen molar-refractivity contribution in [3.8, 4) is 0 Å². The van der Waals surface area contributed by atoms with Gasteiger partial charge in [-0.25, -0.2) is 9.59 Å². The van der Waals surface area contributed by atoms with Crippen LogP contribution in [-0.2, 0) is 99.9 Å². The first-order valence-corrected chi connectivity index (χ1v) is 51.7. The molecule has 4 bridgehead atoms. The number of hydrogen-bond donors (Lipinski definition) is 4. The van der Waals surface area contributed by atoms with Crippen LogP contribution in [0.15, 0.2) is 95.2 Å². The maximum Gasteiger partial charge on any atom is 0.335 e. The van der Waals surface area contributed by atoms with Gasteiger partial charge in [0.2, 0.25) is 11.6 Å². The van der Waals surface area contributed by atoms with E-state index in [2.05, 4.69) is 6.92 Å². The highest BCUT2D eigenvalue weighted by Gasteiger charge is 2.56. The van der Waals surface area contributed by atoms with E-state index in [9.17, 15) is 72.9 Å². The van der Waals surface area contributed by atoms with E-state index in [1.54, 1.807) is 88.8 Å². The number of cyclic esters (lactones) is 2. The van der Waals surface area contributed by atoms with Crippen LogP contribution in [0.2, 0.25) is 0 Å². The highest BCUT2D eigenvalue weighted by Crippen LogP contribution is 2.44. The summed E-state index contributed by atoms with van der Waals surface area (Å²) in [6.45, 7) is 29.7. The summed E-state index contributed by atoms with van der Waals surface area (Å²) in [5, 5.41) is 46.9. The van der Waals surface area contributed by atoms with Crippen molar-refractivity contribution in [3.05, 3.63) is 95.2 Å². The number of ether oxygens (including phenoxy) is 10. The number of Topliss-reactive ketones (excluding diaryl/α,β-unsaturated/α-hetero) is 6. The number of allylic oxidation sites excluding steroid dienone is 12. The summed E-state index contributed by atoms with van der Waals surface area (Å²) in [5.41, 5.74) is 2.58. The van der Waals surface area contributed by atoms with Gasteiger partial charge in [0.25, 0.3) is 23.4 Å². The molecule has 28 heteroatoms. The zero-order valence-corrected chi connectivity index (χ0v) is 85.5. The molecule has 8 aliphatic rings. The lowest BCUT2D eigenvalue weighted by molar-refractivity contribution is -0.265. The van der Waals surface area contributed by atoms with E-state index in [0.717, 1.165) is 56.1 Å². The second-order valence-electron chi connectivity index (χ2n) is 40.9. The first-order chi connectivity index (χ1) is 63.4. The normalized spacial score (nSPS) is 38.4. The summed E-state index contributed by atoms with van der Waals surface area (Å²) in [7, 11) is 8.11. The number of aliphatic hydroxyl groups is 4. The molecule has 27 nitrogen and oxygen atoms in total. The van der Waals surface area contributed by atoms with Crippen LogP contribution in [0.5, 0.6) is 0 Å². The number of esters is 2. The molecular weight excluding hydrogens is 1730 g/mol. The number of rotatable bonds is 15. The number of aliphatic hydroxyl groups excluding tert-OH is 2. The van der Waals surface area contributed by atoms with E-state index in [-0.39, 0.29) is 116 Å². The Morgan fingerprint density at radius 3 is 1.24 bits per heavy atom. The maximum absolute atomic E-state index is 14.5. The highest BCUT2D eigenvalue weighted by atomic mass is 31.1. The summed E-state index contributed by atoms with van der Waals surface area (Å²) in [6, 6.07) is -2.24. The monoisotopic (exact) mass is 1900 g/mol. The molecule has 134 heavy (non-hydrogen) atoms. The topological polar surface area (TPSA) is 367 Å². The van der Waals surface area contributed by atoms with Gasteiger partial charge in [-0.2, -0.15) is 0 Å². The number of carbonyl (C=O) groups excluding carboxylic acids is 10. The van der Waals surface area contributed by atoms with E-state index >= 15 is 0 Å². The second-order valence-corrected chi connectivity index (χ2v) is 42.6. The maximum atomic E-state index is 14.5. The molecule has 2 saturated carbocycles. The summed E-state index contributed by atoms with van der Waals surface area (Å²) in [4.78, 5) is 144. The molecule has 4 N–H and O–H groups in total. The molecule has 0 aromatic carbocycles. The van der Waals surface area contributed by atoms with Gasteiger partial charge in [-0.3, -0.25) is 38.4 Å². The molecular formula is C106H166N2O25P+. The predicted octanol–water partition coefficient (Wildman–Crippen LogP) is 15.7. The van der Waals surface area contributed by atoms with Gasteiger partial charge in [-0.15, -0.1) is 0 Å². The molecule has 5 unspecified atom stereocenters. The third kappa shape index (κ3) is 32.0. The van der Waals surface area contributed by atoms with Crippen molar-refractivity contribution in [2.75, 3.05) is 68.6 Å². The lowest BCUT2D eigenvalue weighted by atomic mass is 9.74. The Labute approximate surface area is 800 Å². The molecule has 0 aromatic heterocycles. The zero-order chi connectivity index (χ0) is 99.3. The Morgan fingerprint density at radius 2 is 0.858 bits per heavy atom. The fraction of sp³-hybridized carbons (Fsp3) is 0.755. The van der Waals surface area contributed by atoms with Crippen molar-refractivity contribution in [3.63, 3.8) is 0 Å². The number of hydrogen-bond acceptors (Lipinski definition) is 25. The molecule has 2 amide bonds. The number of fused-ring (bicyclic) bond motifs is 6. The molecule has 8 rings (SSSR count). The first-order valence-electron chi connectivity index (χ1n) is 49.8. The van der Waals surface area contributed by atoms with Gasteiger partial charge in [0.05, 0.1) is 36.6 Å². The van der Waals surface area contributed by atoms with Crippen LogP contribution in [0, 0.1) is 82.9 Å². The number of carbonyl (C=O) groups is 10.